The van der Waals surface area contributed by atoms with Gasteiger partial charge in [0.2, 0.25) is 0 Å². The lowest BCUT2D eigenvalue weighted by atomic mass is 10.0. The minimum atomic E-state index is -4.27. The molecule has 0 spiro atoms. The molecule has 108 valence electrons. The molecule has 0 atom stereocenters. The number of aryl methyl sites for hydroxylation is 1. The lowest BCUT2D eigenvalue weighted by Gasteiger charge is -2.23. The molecule has 1 aromatic rings. The second kappa shape index (κ2) is 6.94. The van der Waals surface area contributed by atoms with Gasteiger partial charge >= 0.3 is 6.18 Å². The number of nitrogens with zero attached hydrogens (tertiary/aromatic N) is 1. The first-order valence-corrected chi connectivity index (χ1v) is 6.77. The molecule has 0 aliphatic carbocycles. The molecular formula is C15H22F3N. The Morgan fingerprint density at radius 3 is 2.11 bits per heavy atom. The van der Waals surface area contributed by atoms with Gasteiger partial charge in [0.15, 0.2) is 0 Å². The maximum atomic E-state index is 13.0. The predicted octanol–water partition coefficient (Wildman–Crippen LogP) is 4.64. The zero-order valence-electron chi connectivity index (χ0n) is 11.8. The zero-order valence-corrected chi connectivity index (χ0v) is 11.8. The fourth-order valence-electron chi connectivity index (χ4n) is 2.24. The summed E-state index contributed by atoms with van der Waals surface area (Å²) in [4.78, 5) is 2.08. The van der Waals surface area contributed by atoms with Crippen molar-refractivity contribution in [3.8, 4) is 0 Å². The summed E-state index contributed by atoms with van der Waals surface area (Å²) < 4.78 is 39.1. The normalized spacial score (nSPS) is 12.2. The molecule has 1 aromatic carbocycles. The van der Waals surface area contributed by atoms with Crippen molar-refractivity contribution in [3.05, 3.63) is 34.9 Å². The van der Waals surface area contributed by atoms with Crippen LogP contribution >= 0.6 is 0 Å². The first kappa shape index (κ1) is 16.0. The van der Waals surface area contributed by atoms with Crippen LogP contribution < -0.4 is 0 Å². The maximum Gasteiger partial charge on any atom is 0.416 e. The Balaban J connectivity index is 2.98. The summed E-state index contributed by atoms with van der Waals surface area (Å²) in [5, 5.41) is 0. The van der Waals surface area contributed by atoms with Crippen LogP contribution in [0.15, 0.2) is 18.2 Å². The highest BCUT2D eigenvalue weighted by molar-refractivity contribution is 5.33. The molecule has 0 bridgehead atoms. The van der Waals surface area contributed by atoms with E-state index < -0.39 is 11.7 Å². The lowest BCUT2D eigenvalue weighted by molar-refractivity contribution is -0.138. The molecule has 0 aliphatic rings. The molecule has 19 heavy (non-hydrogen) atoms. The van der Waals surface area contributed by atoms with Gasteiger partial charge in [0.1, 0.15) is 0 Å². The number of hydrogen-bond acceptors (Lipinski definition) is 1. The Morgan fingerprint density at radius 2 is 1.63 bits per heavy atom. The van der Waals surface area contributed by atoms with Gasteiger partial charge < -0.3 is 0 Å². The van der Waals surface area contributed by atoms with Gasteiger partial charge in [-0.3, -0.25) is 4.90 Å². The van der Waals surface area contributed by atoms with E-state index in [-0.39, 0.29) is 0 Å². The van der Waals surface area contributed by atoms with E-state index in [0.717, 1.165) is 25.9 Å². The van der Waals surface area contributed by atoms with E-state index in [1.807, 2.05) is 13.8 Å². The molecule has 4 heteroatoms. The third-order valence-corrected chi connectivity index (χ3v) is 3.04. The summed E-state index contributed by atoms with van der Waals surface area (Å²) >= 11 is 0. The molecule has 0 unspecified atom stereocenters. The fraction of sp³-hybridized carbons (Fsp3) is 0.600. The van der Waals surface area contributed by atoms with Gasteiger partial charge in [-0.1, -0.05) is 31.5 Å². The molecule has 0 amide bonds. The standard InChI is InChI=1S/C15H22F3N/c1-4-8-19(9-5-2)11-13-7-6-12(3)10-14(13)15(16,17)18/h6-7,10H,4-5,8-9,11H2,1-3H3. The minimum absolute atomic E-state index is 0.372. The van der Waals surface area contributed by atoms with Crippen LogP contribution in [-0.4, -0.2) is 18.0 Å². The van der Waals surface area contributed by atoms with E-state index in [4.69, 9.17) is 0 Å². The third kappa shape index (κ3) is 4.86. The van der Waals surface area contributed by atoms with E-state index in [1.165, 1.54) is 6.07 Å². The quantitative estimate of drug-likeness (QED) is 0.730. The number of halogens is 3. The van der Waals surface area contributed by atoms with Crippen LogP contribution in [0.3, 0.4) is 0 Å². The van der Waals surface area contributed by atoms with Crippen LogP contribution in [0, 0.1) is 6.92 Å². The number of alkyl halides is 3. The van der Waals surface area contributed by atoms with Gasteiger partial charge in [0, 0.05) is 6.54 Å². The SMILES string of the molecule is CCCN(CCC)Cc1ccc(C)cc1C(F)(F)F. The van der Waals surface area contributed by atoms with Crippen LogP contribution in [0.5, 0.6) is 0 Å². The van der Waals surface area contributed by atoms with Gasteiger partial charge in [-0.2, -0.15) is 13.2 Å². The third-order valence-electron chi connectivity index (χ3n) is 3.04. The summed E-state index contributed by atoms with van der Waals surface area (Å²) in [5.74, 6) is 0. The number of benzene rings is 1. The summed E-state index contributed by atoms with van der Waals surface area (Å²) in [5.41, 5.74) is 0.526. The van der Waals surface area contributed by atoms with Crippen molar-refractivity contribution in [1.82, 2.24) is 4.90 Å². The molecule has 0 N–H and O–H groups in total. The van der Waals surface area contributed by atoms with Crippen LogP contribution in [0.2, 0.25) is 0 Å². The summed E-state index contributed by atoms with van der Waals surface area (Å²) in [6, 6.07) is 4.60. The molecular weight excluding hydrogens is 251 g/mol. The van der Waals surface area contributed by atoms with Crippen molar-refractivity contribution < 1.29 is 13.2 Å². The molecule has 0 fully saturated rings. The van der Waals surface area contributed by atoms with Gasteiger partial charge in [-0.15, -0.1) is 0 Å². The van der Waals surface area contributed by atoms with Crippen molar-refractivity contribution in [3.63, 3.8) is 0 Å². The van der Waals surface area contributed by atoms with Crippen molar-refractivity contribution in [1.29, 1.82) is 0 Å². The van der Waals surface area contributed by atoms with Crippen molar-refractivity contribution in [2.75, 3.05) is 13.1 Å². The second-order valence-corrected chi connectivity index (χ2v) is 4.93. The Hall–Kier alpha value is -1.03. The number of hydrogen-bond donors (Lipinski definition) is 0. The van der Waals surface area contributed by atoms with E-state index >= 15 is 0 Å². The van der Waals surface area contributed by atoms with Gasteiger partial charge in [0.05, 0.1) is 5.56 Å². The van der Waals surface area contributed by atoms with E-state index in [0.29, 0.717) is 17.7 Å². The van der Waals surface area contributed by atoms with Crippen molar-refractivity contribution in [2.24, 2.45) is 0 Å². The first-order valence-electron chi connectivity index (χ1n) is 6.77. The van der Waals surface area contributed by atoms with Gasteiger partial charge in [-0.25, -0.2) is 0 Å². The van der Waals surface area contributed by atoms with Crippen LogP contribution in [0.1, 0.15) is 43.4 Å². The molecule has 1 nitrogen and oxygen atoms in total. The molecule has 0 aromatic heterocycles. The highest BCUT2D eigenvalue weighted by Gasteiger charge is 2.33. The largest absolute Gasteiger partial charge is 0.416 e. The summed E-state index contributed by atoms with van der Waals surface area (Å²) in [6.07, 6.45) is -2.37. The minimum Gasteiger partial charge on any atom is -0.299 e. The average molecular weight is 273 g/mol. The van der Waals surface area contributed by atoms with Crippen LogP contribution in [-0.2, 0) is 12.7 Å². The topological polar surface area (TPSA) is 3.24 Å². The van der Waals surface area contributed by atoms with Crippen LogP contribution in [0.4, 0.5) is 13.2 Å². The molecule has 0 radical (unpaired) electrons. The molecule has 0 heterocycles. The Labute approximate surface area is 113 Å². The lowest BCUT2D eigenvalue weighted by Crippen LogP contribution is -2.26. The Bertz CT molecular complexity index is 393. The van der Waals surface area contributed by atoms with Crippen molar-refractivity contribution in [2.45, 2.75) is 46.3 Å². The van der Waals surface area contributed by atoms with Gasteiger partial charge in [-0.05, 0) is 44.5 Å². The van der Waals surface area contributed by atoms with Crippen molar-refractivity contribution >= 4 is 0 Å². The monoisotopic (exact) mass is 273 g/mol. The Kier molecular flexibility index (Phi) is 5.85. The number of rotatable bonds is 6. The molecule has 1 rings (SSSR count). The first-order chi connectivity index (χ1) is 8.88. The van der Waals surface area contributed by atoms with E-state index in [1.54, 1.807) is 19.1 Å². The average Bonchev–Trinajstić information content (AvgIpc) is 2.31. The van der Waals surface area contributed by atoms with E-state index in [2.05, 4.69) is 4.90 Å². The van der Waals surface area contributed by atoms with Gasteiger partial charge in [0.25, 0.3) is 0 Å². The maximum absolute atomic E-state index is 13.0. The highest BCUT2D eigenvalue weighted by Crippen LogP contribution is 2.33. The van der Waals surface area contributed by atoms with E-state index in [9.17, 15) is 13.2 Å². The molecule has 0 saturated heterocycles. The molecule has 0 saturated carbocycles. The fourth-order valence-corrected chi connectivity index (χ4v) is 2.24. The van der Waals surface area contributed by atoms with Crippen LogP contribution in [0.25, 0.3) is 0 Å². The zero-order chi connectivity index (χ0) is 14.5. The Morgan fingerprint density at radius 1 is 1.05 bits per heavy atom. The highest BCUT2D eigenvalue weighted by atomic mass is 19.4. The summed E-state index contributed by atoms with van der Waals surface area (Å²) in [7, 11) is 0. The second-order valence-electron chi connectivity index (χ2n) is 4.93. The summed E-state index contributed by atoms with van der Waals surface area (Å²) in [6.45, 7) is 7.81. The predicted molar refractivity (Wildman–Crippen MR) is 72.0 cm³/mol. The smallest absolute Gasteiger partial charge is 0.299 e. The molecule has 0 aliphatic heterocycles.